The van der Waals surface area contributed by atoms with Gasteiger partial charge in [-0.2, -0.15) is 1.37 Å². The highest BCUT2D eigenvalue weighted by molar-refractivity contribution is 5.92. The van der Waals surface area contributed by atoms with Crippen molar-refractivity contribution in [2.45, 2.75) is 105 Å². The number of hydrogen-bond acceptors (Lipinski definition) is 11. The van der Waals surface area contributed by atoms with Gasteiger partial charge in [-0.3, -0.25) is 37.5 Å². The molecule has 0 aromatic carbocycles. The number of carbonyl (C=O) groups excluding carboxylic acids is 7. The Balaban J connectivity index is -0.000000209. The third-order valence-corrected chi connectivity index (χ3v) is 4.71. The molecule has 0 bridgehead atoms. The smallest absolute Gasteiger partial charge is 0.314 e. The third kappa shape index (κ3) is 36.5. The molecule has 4 aliphatic heterocycles. The highest BCUT2D eigenvalue weighted by Gasteiger charge is 2.19. The minimum Gasteiger partial charge on any atom is -0.545 e. The van der Waals surface area contributed by atoms with Crippen LogP contribution in [0.2, 0.25) is 0 Å². The number of ketones is 1. The summed E-state index contributed by atoms with van der Waals surface area (Å²) in [6.07, 6.45) is 20.5. The van der Waals surface area contributed by atoms with E-state index in [-0.39, 0.29) is 51.0 Å². The fraction of sp³-hybridized carbons (Fsp3) is 0.645. The van der Waals surface area contributed by atoms with Crippen LogP contribution in [-0.2, 0) is 52.5 Å². The highest BCUT2D eigenvalue weighted by atomic mass is 16.6. The van der Waals surface area contributed by atoms with Crippen molar-refractivity contribution in [3.05, 3.63) is 24.3 Å². The molecular formula is C31H50O11-2. The molecule has 0 radical (unpaired) electrons. The van der Waals surface area contributed by atoms with E-state index in [1.54, 1.807) is 0 Å². The summed E-state index contributed by atoms with van der Waals surface area (Å²) in [5.41, 5.74) is 0. The molecule has 42 heavy (non-hydrogen) atoms. The van der Waals surface area contributed by atoms with Crippen LogP contribution >= 0.6 is 0 Å². The van der Waals surface area contributed by atoms with E-state index in [1.165, 1.54) is 44.9 Å². The van der Waals surface area contributed by atoms with Gasteiger partial charge in [0, 0.05) is 26.1 Å². The maximum absolute atomic E-state index is 10.3. The highest BCUT2D eigenvalue weighted by Crippen LogP contribution is 2.04. The summed E-state index contributed by atoms with van der Waals surface area (Å²) in [7, 11) is 0. The molecule has 4 saturated heterocycles. The van der Waals surface area contributed by atoms with Crippen molar-refractivity contribution in [1.82, 2.24) is 0 Å². The lowest BCUT2D eigenvalue weighted by Crippen LogP contribution is -2.20. The predicted molar refractivity (Wildman–Crippen MR) is 159 cm³/mol. The Morgan fingerprint density at radius 3 is 1.24 bits per heavy atom. The molecular weight excluding hydrogens is 548 g/mol. The SMILES string of the molecule is C.C1=CCC/C=C\CC1.C1CCOC1.CCC.O=C1CCC(=O)O1.O=C1CCC(=O)OC1.O=C1CCCO1.[2H][C-]=O.[CH-]=O. The second kappa shape index (κ2) is 37.5. The Bertz CT molecular complexity index is 707. The summed E-state index contributed by atoms with van der Waals surface area (Å²) < 4.78 is 23.3. The maximum Gasteiger partial charge on any atom is 0.314 e. The number of carbonyl (C=O) groups is 5. The Labute approximate surface area is 252 Å². The molecule has 5 rings (SSSR count). The lowest BCUT2D eigenvalue weighted by Gasteiger charge is -2.07. The summed E-state index contributed by atoms with van der Waals surface area (Å²) in [6.45, 7) is 10.9. The molecule has 0 amide bonds. The topological polar surface area (TPSA) is 156 Å². The van der Waals surface area contributed by atoms with E-state index >= 15 is 0 Å². The molecule has 5 aliphatic rings. The minimum atomic E-state index is -0.398. The molecule has 0 unspecified atom stereocenters. The van der Waals surface area contributed by atoms with Gasteiger partial charge in [-0.15, -0.1) is 0 Å². The van der Waals surface area contributed by atoms with Crippen LogP contribution < -0.4 is 0 Å². The predicted octanol–water partition coefficient (Wildman–Crippen LogP) is 5.04. The zero-order chi connectivity index (χ0) is 32.3. The lowest BCUT2D eigenvalue weighted by atomic mass is 10.1. The van der Waals surface area contributed by atoms with Crippen LogP contribution in [0.3, 0.4) is 0 Å². The van der Waals surface area contributed by atoms with Gasteiger partial charge in [0.25, 0.3) is 0 Å². The van der Waals surface area contributed by atoms with E-state index in [9.17, 15) is 24.0 Å². The van der Waals surface area contributed by atoms with Gasteiger partial charge >= 0.3 is 23.9 Å². The van der Waals surface area contributed by atoms with Crippen molar-refractivity contribution >= 4 is 43.2 Å². The van der Waals surface area contributed by atoms with Gasteiger partial charge in [-0.25, -0.2) is 0 Å². The Morgan fingerprint density at radius 2 is 1.05 bits per heavy atom. The van der Waals surface area contributed by atoms with Gasteiger partial charge in [-0.05, 0) is 44.9 Å². The molecule has 1 aliphatic carbocycles. The van der Waals surface area contributed by atoms with Crippen LogP contribution in [0.15, 0.2) is 24.3 Å². The quantitative estimate of drug-likeness (QED) is 0.0917. The maximum atomic E-state index is 10.3. The molecule has 11 heteroatoms. The number of allylic oxidation sites excluding steroid dienone is 4. The van der Waals surface area contributed by atoms with Gasteiger partial charge in [0.15, 0.2) is 5.78 Å². The van der Waals surface area contributed by atoms with Crippen molar-refractivity contribution < 1.29 is 53.9 Å². The number of ether oxygens (including phenoxy) is 4. The van der Waals surface area contributed by atoms with E-state index in [4.69, 9.17) is 15.7 Å². The average Bonchev–Trinajstić information content (AvgIpc) is 3.75. The fourth-order valence-corrected chi connectivity index (χ4v) is 2.82. The van der Waals surface area contributed by atoms with E-state index in [1.807, 2.05) is 0 Å². The monoisotopic (exact) mass is 599 g/mol. The van der Waals surface area contributed by atoms with Crippen molar-refractivity contribution in [1.29, 1.82) is 0 Å². The van der Waals surface area contributed by atoms with Gasteiger partial charge in [0.05, 0.1) is 25.9 Å². The lowest BCUT2D eigenvalue weighted by molar-refractivity contribution is -0.153. The standard InChI is InChI=1S/C8H12.C5H6O3.C4H4O3.C4H6O2.C4H8O.C3H8.2CHO.CH4/c1-2-4-6-8-7-5-3-1;6-4-1-2-5(7)8-3-4;5-3-1-2-4(6)7-3;5-4-2-1-3-6-4;1-2-4-5-3-1;1-3-2;2*1-2;/h1-2,7-8H,3-6H2;1-3H2;1-2H2;1-3H2;1-4H2;3H2,1-2H3;2*1H;1H4/q;;;;;;2*-1;/b2-1-,8-7?;;;;;;;;/i;;;;;;1D;;. The zero-order valence-electron chi connectivity index (χ0n) is 25.4. The van der Waals surface area contributed by atoms with E-state index < -0.39 is 11.9 Å². The average molecular weight is 600 g/mol. The van der Waals surface area contributed by atoms with Crippen molar-refractivity contribution in [2.24, 2.45) is 0 Å². The number of esters is 4. The molecule has 0 saturated carbocycles. The molecule has 0 atom stereocenters. The molecule has 0 aromatic heterocycles. The second-order valence-corrected chi connectivity index (χ2v) is 8.49. The summed E-state index contributed by atoms with van der Waals surface area (Å²) >= 11 is 0. The number of Topliss-reactive ketones (excluding diaryl/α,β-unsaturated/α-hetero) is 1. The number of rotatable bonds is 0. The summed E-state index contributed by atoms with van der Waals surface area (Å²) in [5, 5.41) is 0. The molecule has 4 heterocycles. The van der Waals surface area contributed by atoms with Crippen LogP contribution in [0.5, 0.6) is 0 Å². The van der Waals surface area contributed by atoms with E-state index in [0.29, 0.717) is 19.4 Å². The number of hydrogen-bond donors (Lipinski definition) is 0. The fourth-order valence-electron chi connectivity index (χ4n) is 2.82. The van der Waals surface area contributed by atoms with E-state index in [2.05, 4.69) is 59.2 Å². The van der Waals surface area contributed by atoms with Gasteiger partial charge in [-0.1, -0.05) is 52.0 Å². The Kier molecular flexibility index (Phi) is 38.4. The molecule has 0 N–H and O–H groups in total. The summed E-state index contributed by atoms with van der Waals surface area (Å²) in [5.74, 6) is -1.08. The molecule has 0 spiro atoms. The Morgan fingerprint density at radius 1 is 0.643 bits per heavy atom. The van der Waals surface area contributed by atoms with Gasteiger partial charge in [0.1, 0.15) is 6.61 Å². The van der Waals surface area contributed by atoms with Crippen LogP contribution in [0, 0.1) is 0 Å². The van der Waals surface area contributed by atoms with Crippen LogP contribution in [0.1, 0.15) is 106 Å². The van der Waals surface area contributed by atoms with E-state index in [0.717, 1.165) is 26.4 Å². The zero-order valence-corrected chi connectivity index (χ0v) is 24.4. The summed E-state index contributed by atoms with van der Waals surface area (Å²) in [6, 6.07) is 0. The van der Waals surface area contributed by atoms with Crippen LogP contribution in [-0.4, -0.2) is 69.6 Å². The normalized spacial score (nSPS) is 18.5. The first-order valence-electron chi connectivity index (χ1n) is 14.3. The minimum absolute atomic E-state index is 0. The first kappa shape index (κ1) is 43.0. The Hall–Kier alpha value is -3.47. The molecule has 11 nitrogen and oxygen atoms in total. The number of cyclic esters (lactones) is 4. The first-order chi connectivity index (χ1) is 20.3. The van der Waals surface area contributed by atoms with Crippen molar-refractivity contribution in [3.8, 4) is 0 Å². The van der Waals surface area contributed by atoms with Crippen LogP contribution in [0.4, 0.5) is 0 Å². The molecule has 0 aromatic rings. The molecule has 242 valence electrons. The second-order valence-electron chi connectivity index (χ2n) is 8.49. The van der Waals surface area contributed by atoms with Crippen molar-refractivity contribution in [2.75, 3.05) is 26.4 Å². The summed E-state index contributed by atoms with van der Waals surface area (Å²) in [4.78, 5) is 66.7. The van der Waals surface area contributed by atoms with Crippen LogP contribution in [0.25, 0.3) is 0 Å². The van der Waals surface area contributed by atoms with Gasteiger partial charge < -0.3 is 28.5 Å². The molecule has 4 fully saturated rings. The largest absolute Gasteiger partial charge is 0.545 e. The van der Waals surface area contributed by atoms with Crippen molar-refractivity contribution in [3.63, 3.8) is 0 Å². The van der Waals surface area contributed by atoms with Gasteiger partial charge in [0.2, 0.25) is 0 Å². The third-order valence-electron chi connectivity index (χ3n) is 4.71. The first-order valence-corrected chi connectivity index (χ1v) is 13.8.